The van der Waals surface area contributed by atoms with E-state index >= 15 is 0 Å². The summed E-state index contributed by atoms with van der Waals surface area (Å²) in [6, 6.07) is 1.41. The van der Waals surface area contributed by atoms with Crippen molar-refractivity contribution in [1.29, 1.82) is 0 Å². The topological polar surface area (TPSA) is 3.24 Å². The Hall–Kier alpha value is -0.130. The van der Waals surface area contributed by atoms with Gasteiger partial charge in [-0.1, -0.05) is 59.9 Å². The van der Waals surface area contributed by atoms with Gasteiger partial charge >= 0.3 is 0 Å². The zero-order chi connectivity index (χ0) is 14.2. The van der Waals surface area contributed by atoms with Gasteiger partial charge in [0, 0.05) is 17.5 Å². The highest BCUT2D eigenvalue weighted by Crippen LogP contribution is 2.68. The fraction of sp³-hybridized carbons (Fsp3) is 0.471. The molecule has 0 amide bonds. The Morgan fingerprint density at radius 2 is 1.53 bits per heavy atom. The molecule has 1 nitrogen and oxygen atoms in total. The van der Waals surface area contributed by atoms with Gasteiger partial charge in [-0.3, -0.25) is 0 Å². The standard InChI is InChI=1S/C17H25NP/c1-12(2)19(13(3)4)17-15-10-8-7-9-14(15)11-16(17)18(5)6/h7-13H,1-6H3. The summed E-state index contributed by atoms with van der Waals surface area (Å²) in [4.78, 5) is 2.27. The van der Waals surface area contributed by atoms with Crippen molar-refractivity contribution in [2.45, 2.75) is 39.0 Å². The summed E-state index contributed by atoms with van der Waals surface area (Å²) in [6.07, 6.45) is 11.2. The van der Waals surface area contributed by atoms with Crippen molar-refractivity contribution in [1.82, 2.24) is 4.90 Å². The van der Waals surface area contributed by atoms with E-state index in [4.69, 9.17) is 0 Å². The Labute approximate surface area is 120 Å². The lowest BCUT2D eigenvalue weighted by atomic mass is 9.92. The number of hydrogen-bond donors (Lipinski definition) is 0. The Balaban J connectivity index is 2.32. The molecule has 0 N–H and O–H groups in total. The lowest BCUT2D eigenvalue weighted by Crippen LogP contribution is -2.26. The van der Waals surface area contributed by atoms with Crippen molar-refractivity contribution in [2.75, 3.05) is 14.1 Å². The van der Waals surface area contributed by atoms with E-state index in [0.717, 1.165) is 11.3 Å². The summed E-state index contributed by atoms with van der Waals surface area (Å²) in [7, 11) is 4.19. The molecule has 0 heterocycles. The van der Waals surface area contributed by atoms with Crippen LogP contribution in [0, 0.1) is 30.0 Å². The maximum absolute atomic E-state index is 2.37. The van der Waals surface area contributed by atoms with Crippen molar-refractivity contribution in [3.63, 3.8) is 0 Å². The number of fused-ring (bicyclic) bond motifs is 1. The van der Waals surface area contributed by atoms with E-state index in [0.29, 0.717) is 0 Å². The maximum atomic E-state index is 2.37. The largest absolute Gasteiger partial charge is 0.301 e. The highest BCUT2D eigenvalue weighted by Gasteiger charge is 2.49. The molecule has 2 rings (SSSR count). The van der Waals surface area contributed by atoms with Gasteiger partial charge in [0.25, 0.3) is 0 Å². The first-order valence-electron chi connectivity index (χ1n) is 7.07. The fourth-order valence-electron chi connectivity index (χ4n) is 2.92. The summed E-state index contributed by atoms with van der Waals surface area (Å²) in [5, 5.41) is 0. The van der Waals surface area contributed by atoms with E-state index in [2.05, 4.69) is 77.4 Å². The van der Waals surface area contributed by atoms with Crippen LogP contribution in [0.2, 0.25) is 0 Å². The molecule has 1 saturated carbocycles. The molecular weight excluding hydrogens is 249 g/mol. The predicted octanol–water partition coefficient (Wildman–Crippen LogP) is 4.40. The molecule has 0 spiro atoms. The number of allylic oxidation sites excluding steroid dienone is 4. The molecule has 2 aliphatic carbocycles. The molecule has 103 valence electrons. The van der Waals surface area contributed by atoms with Crippen LogP contribution in [-0.4, -0.2) is 30.3 Å². The Morgan fingerprint density at radius 3 is 2.05 bits per heavy atom. The van der Waals surface area contributed by atoms with Crippen LogP contribution in [0.3, 0.4) is 0 Å². The lowest BCUT2D eigenvalue weighted by molar-refractivity contribution is 0.457. The van der Waals surface area contributed by atoms with Gasteiger partial charge in [-0.2, -0.15) is 0 Å². The van der Waals surface area contributed by atoms with Gasteiger partial charge < -0.3 is 4.90 Å². The van der Waals surface area contributed by atoms with Crippen LogP contribution in [0.25, 0.3) is 0 Å². The normalized spacial score (nSPS) is 22.6. The summed E-state index contributed by atoms with van der Waals surface area (Å²) < 4.78 is 0. The molecule has 5 radical (unpaired) electrons. The van der Waals surface area contributed by atoms with Crippen LogP contribution in [0.15, 0.2) is 24.3 Å². The van der Waals surface area contributed by atoms with Crippen LogP contribution < -0.4 is 0 Å². The van der Waals surface area contributed by atoms with Crippen LogP contribution in [0.4, 0.5) is 0 Å². The second kappa shape index (κ2) is 6.10. The number of hydrogen-bond acceptors (Lipinski definition) is 1. The van der Waals surface area contributed by atoms with Gasteiger partial charge in [0.2, 0.25) is 0 Å². The van der Waals surface area contributed by atoms with E-state index in [1.165, 1.54) is 17.9 Å². The average Bonchev–Trinajstić information content (AvgIpc) is 2.68. The second-order valence-electron chi connectivity index (χ2n) is 5.95. The molecule has 0 aromatic carbocycles. The van der Waals surface area contributed by atoms with Crippen molar-refractivity contribution in [2.24, 2.45) is 0 Å². The molecule has 2 aliphatic rings. The zero-order valence-electron chi connectivity index (χ0n) is 12.9. The molecule has 19 heavy (non-hydrogen) atoms. The second-order valence-corrected chi connectivity index (χ2v) is 9.28. The monoisotopic (exact) mass is 274 g/mol. The lowest BCUT2D eigenvalue weighted by Gasteiger charge is -2.39. The van der Waals surface area contributed by atoms with Gasteiger partial charge in [0.05, 0.1) is 6.04 Å². The predicted molar refractivity (Wildman–Crippen MR) is 86.4 cm³/mol. The number of nitrogens with zero attached hydrogens (tertiary/aromatic N) is 1. The highest BCUT2D eigenvalue weighted by molar-refractivity contribution is 7.62. The molecule has 0 saturated heterocycles. The molecule has 0 aliphatic heterocycles. The molecular formula is C17H25NP. The van der Waals surface area contributed by atoms with Gasteiger partial charge in [-0.15, -0.1) is 0 Å². The minimum atomic E-state index is -0.131. The van der Waals surface area contributed by atoms with Crippen molar-refractivity contribution in [3.05, 3.63) is 54.3 Å². The van der Waals surface area contributed by atoms with Crippen molar-refractivity contribution >= 4 is 7.92 Å². The van der Waals surface area contributed by atoms with E-state index in [-0.39, 0.29) is 7.92 Å². The summed E-state index contributed by atoms with van der Waals surface area (Å²) >= 11 is 0. The van der Waals surface area contributed by atoms with E-state index in [9.17, 15) is 0 Å². The van der Waals surface area contributed by atoms with Crippen LogP contribution in [0.1, 0.15) is 27.7 Å². The van der Waals surface area contributed by atoms with E-state index in [1.807, 2.05) is 0 Å². The van der Waals surface area contributed by atoms with Crippen LogP contribution >= 0.6 is 7.92 Å². The average molecular weight is 274 g/mol. The Kier molecular flexibility index (Phi) is 4.90. The van der Waals surface area contributed by atoms with Crippen molar-refractivity contribution in [3.8, 4) is 0 Å². The molecule has 1 fully saturated rings. The summed E-state index contributed by atoms with van der Waals surface area (Å²) in [6.45, 7) is 9.47. The fourth-order valence-corrected chi connectivity index (χ4v) is 6.15. The summed E-state index contributed by atoms with van der Waals surface area (Å²) in [5.41, 5.74) is 3.04. The molecule has 0 aromatic heterocycles. The number of rotatable bonds is 4. The smallest absolute Gasteiger partial charge is 0.0556 e. The zero-order valence-corrected chi connectivity index (χ0v) is 13.8. The molecule has 0 aromatic rings. The van der Waals surface area contributed by atoms with E-state index in [1.54, 1.807) is 5.66 Å². The highest BCUT2D eigenvalue weighted by atomic mass is 31.1. The third-order valence-electron chi connectivity index (χ3n) is 3.60. The Bertz CT molecular complexity index is 348. The molecule has 0 bridgehead atoms. The van der Waals surface area contributed by atoms with Crippen LogP contribution in [0.5, 0.6) is 0 Å². The van der Waals surface area contributed by atoms with Crippen molar-refractivity contribution < 1.29 is 0 Å². The third kappa shape index (κ3) is 2.98. The minimum Gasteiger partial charge on any atom is -0.301 e. The Morgan fingerprint density at radius 1 is 0.947 bits per heavy atom. The first-order valence-corrected chi connectivity index (χ1v) is 8.55. The molecule has 0 atom stereocenters. The molecule has 2 heteroatoms. The SMILES string of the molecule is CC(C)P([C]1[C]2C=CC=C[C]2[CH][C]1N(C)C)C(C)C. The third-order valence-corrected chi connectivity index (χ3v) is 6.82. The minimum absolute atomic E-state index is 0.131. The first-order chi connectivity index (χ1) is 8.93. The summed E-state index contributed by atoms with van der Waals surface area (Å²) in [5.74, 6) is 2.84. The van der Waals surface area contributed by atoms with Gasteiger partial charge in [0.15, 0.2) is 0 Å². The molecule has 0 unspecified atom stereocenters. The van der Waals surface area contributed by atoms with Gasteiger partial charge in [0.1, 0.15) is 0 Å². The van der Waals surface area contributed by atoms with Crippen LogP contribution in [-0.2, 0) is 0 Å². The maximum Gasteiger partial charge on any atom is 0.0556 e. The van der Waals surface area contributed by atoms with Gasteiger partial charge in [-0.05, 0) is 31.8 Å². The van der Waals surface area contributed by atoms with E-state index < -0.39 is 0 Å². The first kappa shape index (κ1) is 15.3. The quantitative estimate of drug-likeness (QED) is 0.687. The van der Waals surface area contributed by atoms with Gasteiger partial charge in [-0.25, -0.2) is 0 Å².